The minimum Gasteiger partial charge on any atom is -0.293 e. The number of hydrogen-bond acceptors (Lipinski definition) is 5. The number of halogens is 2. The van der Waals surface area contributed by atoms with Gasteiger partial charge in [0.25, 0.3) is 5.56 Å². The number of carbonyl (C=O) groups is 1. The fourth-order valence-corrected chi connectivity index (χ4v) is 5.31. The van der Waals surface area contributed by atoms with E-state index in [1.807, 2.05) is 0 Å². The summed E-state index contributed by atoms with van der Waals surface area (Å²) in [5, 5.41) is 1.07. The molecule has 0 fully saturated rings. The Labute approximate surface area is 155 Å². The van der Waals surface area contributed by atoms with Crippen molar-refractivity contribution in [2.24, 2.45) is 7.05 Å². The predicted molar refractivity (Wildman–Crippen MR) is 98.3 cm³/mol. The second-order valence-electron chi connectivity index (χ2n) is 6.13. The zero-order chi connectivity index (χ0) is 18.4. The van der Waals surface area contributed by atoms with Crippen LogP contribution in [-0.2, 0) is 19.9 Å². The third-order valence-electron chi connectivity index (χ3n) is 4.47. The van der Waals surface area contributed by atoms with Crippen LogP contribution in [0.25, 0.3) is 10.2 Å². The van der Waals surface area contributed by atoms with Crippen LogP contribution in [0.4, 0.5) is 8.78 Å². The number of thioether (sulfide) groups is 1. The average Bonchev–Trinajstić information content (AvgIpc) is 3.19. The molecule has 2 heterocycles. The molecule has 0 spiro atoms. The second kappa shape index (κ2) is 6.59. The number of carbonyl (C=O) groups excluding carboxylic acids is 1. The van der Waals surface area contributed by atoms with Crippen molar-refractivity contribution in [3.63, 3.8) is 0 Å². The van der Waals surface area contributed by atoms with Crippen LogP contribution in [0, 0.1) is 11.6 Å². The molecular weight excluding hydrogens is 378 g/mol. The van der Waals surface area contributed by atoms with E-state index in [2.05, 4.69) is 4.98 Å². The highest BCUT2D eigenvalue weighted by Crippen LogP contribution is 2.35. The Morgan fingerprint density at radius 2 is 2.15 bits per heavy atom. The maximum absolute atomic E-state index is 13.7. The molecule has 4 rings (SSSR count). The Bertz CT molecular complexity index is 1100. The van der Waals surface area contributed by atoms with Crippen molar-refractivity contribution in [1.82, 2.24) is 9.55 Å². The lowest BCUT2D eigenvalue weighted by Gasteiger charge is -2.07. The zero-order valence-corrected chi connectivity index (χ0v) is 15.5. The standard InChI is InChI=1S/C18H14F2N2O2S2/c1-22-17(24)15-10-3-2-4-14(10)26-16(15)21-18(22)25-8-13(23)11-7-9(19)5-6-12(11)20/h5-7H,2-4,8H2,1H3. The topological polar surface area (TPSA) is 52.0 Å². The Balaban J connectivity index is 1.64. The normalized spacial score (nSPS) is 13.3. The van der Waals surface area contributed by atoms with Crippen molar-refractivity contribution >= 4 is 39.1 Å². The highest BCUT2D eigenvalue weighted by Gasteiger charge is 2.23. The average molecular weight is 392 g/mol. The van der Waals surface area contributed by atoms with Gasteiger partial charge in [0, 0.05) is 11.9 Å². The summed E-state index contributed by atoms with van der Waals surface area (Å²) in [6.07, 6.45) is 2.93. The van der Waals surface area contributed by atoms with Crippen molar-refractivity contribution in [2.75, 3.05) is 5.75 Å². The van der Waals surface area contributed by atoms with Crippen LogP contribution in [0.1, 0.15) is 27.2 Å². The molecule has 4 nitrogen and oxygen atoms in total. The van der Waals surface area contributed by atoms with Gasteiger partial charge in [-0.3, -0.25) is 14.2 Å². The number of rotatable bonds is 4. The first-order chi connectivity index (χ1) is 12.5. The summed E-state index contributed by atoms with van der Waals surface area (Å²) in [6.45, 7) is 0. The molecule has 3 aromatic rings. The Hall–Kier alpha value is -2.06. The smallest absolute Gasteiger partial charge is 0.262 e. The highest BCUT2D eigenvalue weighted by molar-refractivity contribution is 7.99. The van der Waals surface area contributed by atoms with Gasteiger partial charge in [-0.1, -0.05) is 11.8 Å². The van der Waals surface area contributed by atoms with E-state index in [-0.39, 0.29) is 16.9 Å². The third kappa shape index (κ3) is 2.87. The van der Waals surface area contributed by atoms with Crippen molar-refractivity contribution in [2.45, 2.75) is 24.4 Å². The molecule has 26 heavy (non-hydrogen) atoms. The number of nitrogens with zero attached hydrogens (tertiary/aromatic N) is 2. The first-order valence-electron chi connectivity index (χ1n) is 8.08. The molecule has 2 aromatic heterocycles. The molecule has 0 amide bonds. The van der Waals surface area contributed by atoms with Crippen molar-refractivity contribution in [3.05, 3.63) is 56.2 Å². The van der Waals surface area contributed by atoms with Crippen LogP contribution in [0.15, 0.2) is 28.2 Å². The number of hydrogen-bond donors (Lipinski definition) is 0. The highest BCUT2D eigenvalue weighted by atomic mass is 32.2. The molecule has 0 N–H and O–H groups in total. The van der Waals surface area contributed by atoms with Crippen LogP contribution in [-0.4, -0.2) is 21.1 Å². The van der Waals surface area contributed by atoms with Gasteiger partial charge in [-0.2, -0.15) is 0 Å². The van der Waals surface area contributed by atoms with Gasteiger partial charge in [-0.25, -0.2) is 13.8 Å². The molecule has 0 saturated heterocycles. The first kappa shape index (κ1) is 17.4. The molecule has 134 valence electrons. The number of benzene rings is 1. The van der Waals surface area contributed by atoms with E-state index in [1.165, 1.54) is 20.8 Å². The quantitative estimate of drug-likeness (QED) is 0.386. The summed E-state index contributed by atoms with van der Waals surface area (Å²) in [6, 6.07) is 2.78. The molecule has 8 heteroatoms. The number of fused-ring (bicyclic) bond motifs is 3. The number of aryl methyl sites for hydroxylation is 2. The maximum Gasteiger partial charge on any atom is 0.262 e. The van der Waals surface area contributed by atoms with Gasteiger partial charge >= 0.3 is 0 Å². The molecule has 0 unspecified atom stereocenters. The molecule has 0 atom stereocenters. The van der Waals surface area contributed by atoms with E-state index in [0.717, 1.165) is 54.8 Å². The fourth-order valence-electron chi connectivity index (χ4n) is 3.15. The lowest BCUT2D eigenvalue weighted by atomic mass is 10.1. The van der Waals surface area contributed by atoms with E-state index >= 15 is 0 Å². The van der Waals surface area contributed by atoms with E-state index < -0.39 is 17.4 Å². The summed E-state index contributed by atoms with van der Waals surface area (Å²) < 4.78 is 28.4. The monoisotopic (exact) mass is 392 g/mol. The van der Waals surface area contributed by atoms with Crippen molar-refractivity contribution < 1.29 is 13.6 Å². The van der Waals surface area contributed by atoms with Crippen LogP contribution < -0.4 is 5.56 Å². The van der Waals surface area contributed by atoms with Crippen LogP contribution in [0.2, 0.25) is 0 Å². The summed E-state index contributed by atoms with van der Waals surface area (Å²) in [5.74, 6) is -2.10. The maximum atomic E-state index is 13.7. The number of ketones is 1. The number of thiophene rings is 1. The van der Waals surface area contributed by atoms with E-state index in [1.54, 1.807) is 7.05 Å². The molecule has 0 bridgehead atoms. The molecular formula is C18H14F2N2O2S2. The Kier molecular flexibility index (Phi) is 4.40. The molecule has 0 radical (unpaired) electrons. The predicted octanol–water partition coefficient (Wildman–Crippen LogP) is 3.74. The van der Waals surface area contributed by atoms with Crippen LogP contribution >= 0.6 is 23.1 Å². The van der Waals surface area contributed by atoms with E-state index in [4.69, 9.17) is 0 Å². The number of aromatic nitrogens is 2. The summed E-state index contributed by atoms with van der Waals surface area (Å²) in [7, 11) is 1.61. The van der Waals surface area contributed by atoms with Crippen molar-refractivity contribution in [1.29, 1.82) is 0 Å². The molecule has 1 aliphatic rings. The van der Waals surface area contributed by atoms with Crippen LogP contribution in [0.3, 0.4) is 0 Å². The number of Topliss-reactive ketones (excluding diaryl/α,β-unsaturated/α-hetero) is 1. The minimum atomic E-state index is -0.760. The Morgan fingerprint density at radius 1 is 1.35 bits per heavy atom. The summed E-state index contributed by atoms with van der Waals surface area (Å²) in [5.41, 5.74) is 0.688. The lowest BCUT2D eigenvalue weighted by molar-refractivity contribution is 0.101. The van der Waals surface area contributed by atoms with Crippen molar-refractivity contribution in [3.8, 4) is 0 Å². The van der Waals surface area contributed by atoms with Gasteiger partial charge in [-0.15, -0.1) is 11.3 Å². The van der Waals surface area contributed by atoms with Gasteiger partial charge in [0.1, 0.15) is 16.5 Å². The zero-order valence-electron chi connectivity index (χ0n) is 13.8. The molecule has 1 aliphatic carbocycles. The minimum absolute atomic E-state index is 0.124. The van der Waals surface area contributed by atoms with Gasteiger partial charge in [0.05, 0.1) is 16.7 Å². The second-order valence-corrected chi connectivity index (χ2v) is 8.16. The third-order valence-corrected chi connectivity index (χ3v) is 6.68. The largest absolute Gasteiger partial charge is 0.293 e. The SMILES string of the molecule is Cn1c(SCC(=O)c2cc(F)ccc2F)nc2sc3c(c2c1=O)CCC3. The van der Waals surface area contributed by atoms with Gasteiger partial charge in [-0.05, 0) is 43.0 Å². The molecule has 1 aromatic carbocycles. The Morgan fingerprint density at radius 3 is 2.96 bits per heavy atom. The van der Waals surface area contributed by atoms with Crippen LogP contribution in [0.5, 0.6) is 0 Å². The lowest BCUT2D eigenvalue weighted by Crippen LogP contribution is -2.20. The fraction of sp³-hybridized carbons (Fsp3) is 0.278. The van der Waals surface area contributed by atoms with E-state index in [0.29, 0.717) is 15.4 Å². The summed E-state index contributed by atoms with van der Waals surface area (Å²) >= 11 is 2.58. The van der Waals surface area contributed by atoms with E-state index in [9.17, 15) is 18.4 Å². The first-order valence-corrected chi connectivity index (χ1v) is 9.88. The summed E-state index contributed by atoms with van der Waals surface area (Å²) in [4.78, 5) is 31.4. The van der Waals surface area contributed by atoms with Gasteiger partial charge in [0.2, 0.25) is 0 Å². The molecule has 0 saturated carbocycles. The molecule has 0 aliphatic heterocycles. The van der Waals surface area contributed by atoms with Gasteiger partial charge in [0.15, 0.2) is 10.9 Å². The van der Waals surface area contributed by atoms with Gasteiger partial charge < -0.3 is 0 Å².